The van der Waals surface area contributed by atoms with E-state index in [0.29, 0.717) is 35.3 Å². The van der Waals surface area contributed by atoms with Crippen LogP contribution in [0.2, 0.25) is 5.02 Å². The van der Waals surface area contributed by atoms with Crippen LogP contribution < -0.4 is 14.9 Å². The topological polar surface area (TPSA) is 78.5 Å². The number of benzene rings is 1. The van der Waals surface area contributed by atoms with Crippen molar-refractivity contribution >= 4 is 38.9 Å². The maximum Gasteiger partial charge on any atom is 0.239 e. The van der Waals surface area contributed by atoms with Crippen LogP contribution in [0.1, 0.15) is 39.0 Å². The molecule has 2 N–H and O–H groups in total. The van der Waals surface area contributed by atoms with Crippen LogP contribution in [0.4, 0.5) is 11.4 Å². The molecule has 144 valence electrons. The summed E-state index contributed by atoms with van der Waals surface area (Å²) in [6.07, 6.45) is 5.18. The summed E-state index contributed by atoms with van der Waals surface area (Å²) in [5, 5.41) is 6.60. The quantitative estimate of drug-likeness (QED) is 0.797. The van der Waals surface area contributed by atoms with E-state index in [0.717, 1.165) is 19.3 Å². The highest BCUT2D eigenvalue weighted by molar-refractivity contribution is 7.93. The van der Waals surface area contributed by atoms with Crippen molar-refractivity contribution in [2.45, 2.75) is 45.1 Å². The van der Waals surface area contributed by atoms with Gasteiger partial charge >= 0.3 is 0 Å². The van der Waals surface area contributed by atoms with Crippen molar-refractivity contribution in [2.75, 3.05) is 28.5 Å². The minimum absolute atomic E-state index is 0.0704. The van der Waals surface area contributed by atoms with Gasteiger partial charge in [-0.25, -0.2) is 8.42 Å². The number of rotatable bonds is 5. The van der Waals surface area contributed by atoms with Gasteiger partial charge in [-0.15, -0.1) is 0 Å². The van der Waals surface area contributed by atoms with Crippen molar-refractivity contribution in [3.05, 3.63) is 23.2 Å². The molecule has 0 aromatic heterocycles. The molecule has 3 rings (SSSR count). The average Bonchev–Trinajstić information content (AvgIpc) is 2.95. The molecule has 6 nitrogen and oxygen atoms in total. The van der Waals surface area contributed by atoms with Crippen molar-refractivity contribution < 1.29 is 13.2 Å². The van der Waals surface area contributed by atoms with Gasteiger partial charge in [0.2, 0.25) is 15.9 Å². The molecule has 1 aromatic rings. The minimum Gasteiger partial charge on any atom is -0.375 e. The summed E-state index contributed by atoms with van der Waals surface area (Å²) in [4.78, 5) is 12.3. The van der Waals surface area contributed by atoms with Gasteiger partial charge in [0.15, 0.2) is 0 Å². The van der Waals surface area contributed by atoms with Crippen LogP contribution in [0.25, 0.3) is 0 Å². The van der Waals surface area contributed by atoms with E-state index in [4.69, 9.17) is 11.6 Å². The van der Waals surface area contributed by atoms with Crippen molar-refractivity contribution in [3.63, 3.8) is 0 Å². The van der Waals surface area contributed by atoms with Gasteiger partial charge in [0.05, 0.1) is 28.7 Å². The van der Waals surface area contributed by atoms with E-state index in [2.05, 4.69) is 17.6 Å². The minimum atomic E-state index is -3.24. The summed E-state index contributed by atoms with van der Waals surface area (Å²) in [5.74, 6) is 0.597. The third kappa shape index (κ3) is 4.43. The molecule has 2 unspecified atom stereocenters. The molecule has 0 bridgehead atoms. The fourth-order valence-corrected chi connectivity index (χ4v) is 5.44. The van der Waals surface area contributed by atoms with Gasteiger partial charge in [0.25, 0.3) is 0 Å². The Morgan fingerprint density at radius 1 is 1.27 bits per heavy atom. The molecular formula is C18H26ClN3O3S. The lowest BCUT2D eigenvalue weighted by atomic mass is 9.86. The first-order valence-corrected chi connectivity index (χ1v) is 11.2. The second-order valence-electron chi connectivity index (χ2n) is 7.20. The molecule has 1 saturated carbocycles. The number of nitrogens with one attached hydrogen (secondary N) is 2. The third-order valence-electron chi connectivity index (χ3n) is 5.23. The Balaban J connectivity index is 1.62. The van der Waals surface area contributed by atoms with Crippen molar-refractivity contribution in [3.8, 4) is 0 Å². The maximum absolute atomic E-state index is 12.3. The van der Waals surface area contributed by atoms with Crippen molar-refractivity contribution in [1.29, 1.82) is 0 Å². The summed E-state index contributed by atoms with van der Waals surface area (Å²) in [6.45, 7) is 2.76. The Kier molecular flexibility index (Phi) is 5.97. The smallest absolute Gasteiger partial charge is 0.239 e. The summed E-state index contributed by atoms with van der Waals surface area (Å²) in [6, 6.07) is 5.28. The number of hydrogen-bond donors (Lipinski definition) is 2. The summed E-state index contributed by atoms with van der Waals surface area (Å²) in [5.41, 5.74) is 1.15. The van der Waals surface area contributed by atoms with E-state index in [1.165, 1.54) is 10.7 Å². The van der Waals surface area contributed by atoms with Crippen LogP contribution in [0, 0.1) is 5.92 Å². The van der Waals surface area contributed by atoms with Crippen LogP contribution in [0.3, 0.4) is 0 Å². The summed E-state index contributed by atoms with van der Waals surface area (Å²) >= 11 is 6.21. The standard InChI is InChI=1S/C18H26ClN3O3S/c1-13-5-2-3-6-16(13)21-18(23)12-20-17-11-14(7-8-15(17)19)22-9-4-10-26(22,24)25/h7-8,11,13,16,20H,2-6,9-10,12H2,1H3,(H,21,23). The molecule has 2 aliphatic rings. The van der Waals surface area contributed by atoms with Crippen molar-refractivity contribution in [1.82, 2.24) is 5.32 Å². The van der Waals surface area contributed by atoms with E-state index in [1.54, 1.807) is 18.2 Å². The molecule has 1 amide bonds. The molecule has 26 heavy (non-hydrogen) atoms. The van der Waals surface area contributed by atoms with E-state index >= 15 is 0 Å². The molecule has 2 atom stereocenters. The second kappa shape index (κ2) is 8.05. The molecule has 1 heterocycles. The van der Waals surface area contributed by atoms with E-state index in [-0.39, 0.29) is 24.2 Å². The first kappa shape index (κ1) is 19.3. The number of anilines is 2. The first-order chi connectivity index (χ1) is 12.4. The zero-order chi connectivity index (χ0) is 18.7. The van der Waals surface area contributed by atoms with Crippen LogP contribution in [0.15, 0.2) is 18.2 Å². The van der Waals surface area contributed by atoms with E-state index in [1.807, 2.05) is 0 Å². The van der Waals surface area contributed by atoms with Crippen LogP contribution in [0.5, 0.6) is 0 Å². The predicted octanol–water partition coefficient (Wildman–Crippen LogP) is 2.99. The number of carbonyl (C=O) groups excluding carboxylic acids is 1. The molecule has 1 aromatic carbocycles. The Morgan fingerprint density at radius 3 is 2.73 bits per heavy atom. The number of carbonyl (C=O) groups is 1. The van der Waals surface area contributed by atoms with Gasteiger partial charge in [0, 0.05) is 12.6 Å². The van der Waals surface area contributed by atoms with Gasteiger partial charge < -0.3 is 10.6 Å². The highest BCUT2D eigenvalue weighted by Crippen LogP contribution is 2.31. The molecule has 8 heteroatoms. The molecule has 1 aliphatic heterocycles. The number of hydrogen-bond acceptors (Lipinski definition) is 4. The Hall–Kier alpha value is -1.47. The van der Waals surface area contributed by atoms with E-state index < -0.39 is 10.0 Å². The molecule has 0 spiro atoms. The molecule has 1 aliphatic carbocycles. The SMILES string of the molecule is CC1CCCCC1NC(=O)CNc1cc(N2CCCS2(=O)=O)ccc1Cl. The predicted molar refractivity (Wildman–Crippen MR) is 105 cm³/mol. The first-order valence-electron chi connectivity index (χ1n) is 9.20. The average molecular weight is 400 g/mol. The number of sulfonamides is 1. The van der Waals surface area contributed by atoms with Crippen molar-refractivity contribution in [2.24, 2.45) is 5.92 Å². The molecular weight excluding hydrogens is 374 g/mol. The van der Waals surface area contributed by atoms with Gasteiger partial charge in [-0.1, -0.05) is 31.4 Å². The lowest BCUT2D eigenvalue weighted by Crippen LogP contribution is -2.43. The normalized spacial score (nSPS) is 25.1. The lowest BCUT2D eigenvalue weighted by molar-refractivity contribution is -0.120. The zero-order valence-corrected chi connectivity index (χ0v) is 16.6. The maximum atomic E-state index is 12.3. The third-order valence-corrected chi connectivity index (χ3v) is 7.43. The summed E-state index contributed by atoms with van der Waals surface area (Å²) < 4.78 is 25.6. The van der Waals surface area contributed by atoms with Gasteiger partial charge in [-0.05, 0) is 43.4 Å². The van der Waals surface area contributed by atoms with Gasteiger partial charge in [-0.2, -0.15) is 0 Å². The number of nitrogens with zero attached hydrogens (tertiary/aromatic N) is 1. The van der Waals surface area contributed by atoms with Crippen LogP contribution in [-0.2, 0) is 14.8 Å². The highest BCUT2D eigenvalue weighted by Gasteiger charge is 2.29. The molecule has 0 radical (unpaired) electrons. The molecule has 2 fully saturated rings. The second-order valence-corrected chi connectivity index (χ2v) is 9.62. The fourth-order valence-electron chi connectivity index (χ4n) is 3.70. The van der Waals surface area contributed by atoms with Crippen LogP contribution >= 0.6 is 11.6 Å². The Bertz CT molecular complexity index is 769. The monoisotopic (exact) mass is 399 g/mol. The van der Waals surface area contributed by atoms with Crippen LogP contribution in [-0.4, -0.2) is 39.2 Å². The largest absolute Gasteiger partial charge is 0.375 e. The van der Waals surface area contributed by atoms with Gasteiger partial charge in [0.1, 0.15) is 0 Å². The number of amides is 1. The Morgan fingerprint density at radius 2 is 2.04 bits per heavy atom. The zero-order valence-electron chi connectivity index (χ0n) is 15.0. The Labute approximate surface area is 160 Å². The molecule has 1 saturated heterocycles. The summed E-state index contributed by atoms with van der Waals surface area (Å²) in [7, 11) is -3.24. The van der Waals surface area contributed by atoms with Gasteiger partial charge in [-0.3, -0.25) is 9.10 Å². The number of halogens is 1. The van der Waals surface area contributed by atoms with E-state index in [9.17, 15) is 13.2 Å². The highest BCUT2D eigenvalue weighted by atomic mass is 35.5. The fraction of sp³-hybridized carbons (Fsp3) is 0.611. The lowest BCUT2D eigenvalue weighted by Gasteiger charge is -2.29.